The third-order valence-electron chi connectivity index (χ3n) is 6.84. The van der Waals surface area contributed by atoms with E-state index in [1.807, 2.05) is 12.1 Å². The van der Waals surface area contributed by atoms with Crippen LogP contribution in [0.1, 0.15) is 61.4 Å². The number of aliphatic hydroxyl groups excluding tert-OH is 1. The first-order chi connectivity index (χ1) is 13.0. The predicted molar refractivity (Wildman–Crippen MR) is 103 cm³/mol. The standard InChI is InChI=1S/C22H30N2O3/c1-14(13-25)24-20(26)19-4-2-15(3-5-19)12-23-21(27)22-9-16-6-17(10-22)8-18(7-16)11-22/h2-5,14,16-18,25H,6-13H2,1H3,(H,23,27)(H,24,26). The first-order valence-corrected chi connectivity index (χ1v) is 10.3. The van der Waals surface area contributed by atoms with Crippen molar-refractivity contribution in [2.75, 3.05) is 6.61 Å². The van der Waals surface area contributed by atoms with E-state index in [1.54, 1.807) is 19.1 Å². The topological polar surface area (TPSA) is 78.4 Å². The molecule has 0 heterocycles. The van der Waals surface area contributed by atoms with Crippen molar-refractivity contribution in [3.8, 4) is 0 Å². The molecule has 0 radical (unpaired) electrons. The zero-order valence-corrected chi connectivity index (χ0v) is 16.0. The minimum absolute atomic E-state index is 0.0832. The number of aliphatic hydroxyl groups is 1. The number of amides is 2. The molecule has 0 saturated heterocycles. The summed E-state index contributed by atoms with van der Waals surface area (Å²) in [5.41, 5.74) is 1.45. The molecule has 4 aliphatic rings. The van der Waals surface area contributed by atoms with Crippen LogP contribution < -0.4 is 10.6 Å². The number of benzene rings is 1. The number of carbonyl (C=O) groups excluding carboxylic acids is 2. The van der Waals surface area contributed by atoms with E-state index >= 15 is 0 Å². The van der Waals surface area contributed by atoms with Crippen molar-refractivity contribution in [1.82, 2.24) is 10.6 Å². The highest BCUT2D eigenvalue weighted by atomic mass is 16.3. The van der Waals surface area contributed by atoms with E-state index in [1.165, 1.54) is 19.3 Å². The molecule has 1 aromatic rings. The normalized spacial score (nSPS) is 32.1. The Balaban J connectivity index is 1.34. The molecule has 4 bridgehead atoms. The van der Waals surface area contributed by atoms with Gasteiger partial charge in [-0.15, -0.1) is 0 Å². The molecule has 5 nitrogen and oxygen atoms in total. The van der Waals surface area contributed by atoms with E-state index in [4.69, 9.17) is 5.11 Å². The van der Waals surface area contributed by atoms with Gasteiger partial charge in [0.2, 0.25) is 5.91 Å². The van der Waals surface area contributed by atoms with Crippen LogP contribution in [0.3, 0.4) is 0 Å². The fourth-order valence-corrected chi connectivity index (χ4v) is 5.89. The average Bonchev–Trinajstić information content (AvgIpc) is 2.65. The number of hydrogen-bond acceptors (Lipinski definition) is 3. The Hall–Kier alpha value is -1.88. The fourth-order valence-electron chi connectivity index (χ4n) is 5.89. The first-order valence-electron chi connectivity index (χ1n) is 10.3. The van der Waals surface area contributed by atoms with Gasteiger partial charge in [0.1, 0.15) is 0 Å². The van der Waals surface area contributed by atoms with E-state index < -0.39 is 0 Å². The summed E-state index contributed by atoms with van der Waals surface area (Å²) in [6.45, 7) is 2.18. The SMILES string of the molecule is CC(CO)NC(=O)c1ccc(CNC(=O)C23CC4CC(CC(C4)C2)C3)cc1. The maximum Gasteiger partial charge on any atom is 0.251 e. The molecule has 1 atom stereocenters. The molecule has 4 saturated carbocycles. The van der Waals surface area contributed by atoms with E-state index in [-0.39, 0.29) is 29.9 Å². The molecule has 27 heavy (non-hydrogen) atoms. The van der Waals surface area contributed by atoms with Gasteiger partial charge in [0.15, 0.2) is 0 Å². The maximum absolute atomic E-state index is 13.0. The second-order valence-corrected chi connectivity index (χ2v) is 9.13. The predicted octanol–water partition coefficient (Wildman–Crippen LogP) is 2.63. The lowest BCUT2D eigenvalue weighted by Crippen LogP contribution is -2.53. The number of rotatable bonds is 6. The van der Waals surface area contributed by atoms with Crippen LogP contribution in [0.2, 0.25) is 0 Å². The van der Waals surface area contributed by atoms with Gasteiger partial charge >= 0.3 is 0 Å². The Labute approximate surface area is 160 Å². The summed E-state index contributed by atoms with van der Waals surface area (Å²) in [6, 6.07) is 7.05. The zero-order chi connectivity index (χ0) is 19.0. The van der Waals surface area contributed by atoms with Crippen molar-refractivity contribution in [3.05, 3.63) is 35.4 Å². The summed E-state index contributed by atoms with van der Waals surface area (Å²) in [6.07, 6.45) is 7.24. The molecule has 4 fully saturated rings. The summed E-state index contributed by atoms with van der Waals surface area (Å²) in [5.74, 6) is 2.34. The van der Waals surface area contributed by atoms with E-state index in [0.717, 1.165) is 42.6 Å². The van der Waals surface area contributed by atoms with Gasteiger partial charge in [-0.05, 0) is 80.9 Å². The van der Waals surface area contributed by atoms with Crippen LogP contribution in [-0.2, 0) is 11.3 Å². The van der Waals surface area contributed by atoms with E-state index in [0.29, 0.717) is 12.1 Å². The highest BCUT2D eigenvalue weighted by Gasteiger charge is 2.54. The van der Waals surface area contributed by atoms with Gasteiger partial charge in [-0.1, -0.05) is 12.1 Å². The Kier molecular flexibility index (Phi) is 4.97. The van der Waals surface area contributed by atoms with Crippen molar-refractivity contribution >= 4 is 11.8 Å². The minimum Gasteiger partial charge on any atom is -0.394 e. The molecule has 4 aliphatic carbocycles. The first kappa shape index (κ1) is 18.5. The van der Waals surface area contributed by atoms with Crippen LogP contribution in [0, 0.1) is 23.2 Å². The van der Waals surface area contributed by atoms with Crippen LogP contribution in [0.4, 0.5) is 0 Å². The maximum atomic E-state index is 13.0. The molecular weight excluding hydrogens is 340 g/mol. The lowest BCUT2D eigenvalue weighted by Gasteiger charge is -2.55. The fraction of sp³-hybridized carbons (Fsp3) is 0.636. The minimum atomic E-state index is -0.267. The summed E-state index contributed by atoms with van der Waals surface area (Å²) >= 11 is 0. The Morgan fingerprint density at radius 1 is 1.07 bits per heavy atom. The van der Waals surface area contributed by atoms with Gasteiger partial charge in [0.25, 0.3) is 5.91 Å². The van der Waals surface area contributed by atoms with Crippen molar-refractivity contribution in [2.24, 2.45) is 23.2 Å². The van der Waals surface area contributed by atoms with Gasteiger partial charge in [0, 0.05) is 23.6 Å². The Bertz CT molecular complexity index is 677. The molecule has 3 N–H and O–H groups in total. The molecule has 5 heteroatoms. The van der Waals surface area contributed by atoms with E-state index in [2.05, 4.69) is 10.6 Å². The molecule has 0 spiro atoms. The highest BCUT2D eigenvalue weighted by molar-refractivity contribution is 5.94. The average molecular weight is 370 g/mol. The lowest BCUT2D eigenvalue weighted by molar-refractivity contribution is -0.146. The molecule has 146 valence electrons. The van der Waals surface area contributed by atoms with Gasteiger partial charge in [-0.2, -0.15) is 0 Å². The summed E-state index contributed by atoms with van der Waals surface area (Å²) in [5, 5.41) is 14.9. The van der Waals surface area contributed by atoms with E-state index in [9.17, 15) is 9.59 Å². The molecule has 1 aromatic carbocycles. The smallest absolute Gasteiger partial charge is 0.251 e. The van der Waals surface area contributed by atoms with Crippen molar-refractivity contribution in [3.63, 3.8) is 0 Å². The van der Waals surface area contributed by atoms with Crippen LogP contribution >= 0.6 is 0 Å². The Morgan fingerprint density at radius 3 is 2.15 bits per heavy atom. The molecule has 2 amide bonds. The summed E-state index contributed by atoms with van der Waals surface area (Å²) in [4.78, 5) is 25.1. The largest absolute Gasteiger partial charge is 0.394 e. The number of hydrogen-bond donors (Lipinski definition) is 3. The van der Waals surface area contributed by atoms with Gasteiger partial charge in [-0.3, -0.25) is 9.59 Å². The summed E-state index contributed by atoms with van der Waals surface area (Å²) < 4.78 is 0. The van der Waals surface area contributed by atoms with Gasteiger partial charge in [-0.25, -0.2) is 0 Å². The van der Waals surface area contributed by atoms with Crippen molar-refractivity contribution < 1.29 is 14.7 Å². The third kappa shape index (κ3) is 3.75. The van der Waals surface area contributed by atoms with Gasteiger partial charge < -0.3 is 15.7 Å². The van der Waals surface area contributed by atoms with Crippen LogP contribution in [0.5, 0.6) is 0 Å². The van der Waals surface area contributed by atoms with Gasteiger partial charge in [0.05, 0.1) is 6.61 Å². The number of carbonyl (C=O) groups is 2. The van der Waals surface area contributed by atoms with Crippen molar-refractivity contribution in [1.29, 1.82) is 0 Å². The molecule has 0 aliphatic heterocycles. The zero-order valence-electron chi connectivity index (χ0n) is 16.0. The molecule has 5 rings (SSSR count). The monoisotopic (exact) mass is 370 g/mol. The Morgan fingerprint density at radius 2 is 1.63 bits per heavy atom. The van der Waals surface area contributed by atoms with Crippen LogP contribution in [-0.4, -0.2) is 29.6 Å². The van der Waals surface area contributed by atoms with Crippen LogP contribution in [0.15, 0.2) is 24.3 Å². The quantitative estimate of drug-likeness (QED) is 0.720. The highest BCUT2D eigenvalue weighted by Crippen LogP contribution is 2.60. The molecular formula is C22H30N2O3. The third-order valence-corrected chi connectivity index (χ3v) is 6.84. The summed E-state index contributed by atoms with van der Waals surface area (Å²) in [7, 11) is 0. The van der Waals surface area contributed by atoms with Crippen LogP contribution in [0.25, 0.3) is 0 Å². The molecule has 0 aromatic heterocycles. The second kappa shape index (κ2) is 7.27. The van der Waals surface area contributed by atoms with Crippen molar-refractivity contribution in [2.45, 2.75) is 58.0 Å². The lowest BCUT2D eigenvalue weighted by atomic mass is 9.49. The molecule has 1 unspecified atom stereocenters. The second-order valence-electron chi connectivity index (χ2n) is 9.13. The number of nitrogens with one attached hydrogen (secondary N) is 2.